The van der Waals surface area contributed by atoms with Gasteiger partial charge in [0, 0.05) is 18.2 Å². The van der Waals surface area contributed by atoms with Gasteiger partial charge in [-0.1, -0.05) is 39.0 Å². The van der Waals surface area contributed by atoms with Crippen LogP contribution in [0.4, 0.5) is 0 Å². The Morgan fingerprint density at radius 3 is 2.68 bits per heavy atom. The molecule has 2 bridgehead atoms. The molecule has 5 aliphatic rings. The van der Waals surface area contributed by atoms with Crippen molar-refractivity contribution < 1.29 is 24.1 Å². The Kier molecular flexibility index (Phi) is 4.49. The van der Waals surface area contributed by atoms with Crippen molar-refractivity contribution in [3.8, 4) is 5.88 Å². The third-order valence-electron chi connectivity index (χ3n) is 9.55. The zero-order chi connectivity index (χ0) is 24.3. The van der Waals surface area contributed by atoms with E-state index in [2.05, 4.69) is 31.8 Å². The van der Waals surface area contributed by atoms with Crippen LogP contribution in [0.2, 0.25) is 0 Å². The highest BCUT2D eigenvalue weighted by Crippen LogP contribution is 2.72. The first-order valence-corrected chi connectivity index (χ1v) is 12.5. The highest BCUT2D eigenvalue weighted by atomic mass is 16.7. The van der Waals surface area contributed by atoms with Crippen molar-refractivity contribution in [2.24, 2.45) is 34.5 Å². The normalized spacial score (nSPS) is 45.6. The standard InChI is InChI=1S/C28H35NO5/c1-15-13-27-16(2)11-19-21(25(19,3)4)18(22(27)30)12-17-14-32-26(5,6)34-24(17)28(27,31)23(15)33-20-9-7-8-10-29-20/h7-10,12-13,16,18-19,21,23-24,31H,11,14H2,1-6H3/t16-,18+,19-,21+,23+,24-,27?,28-/m1/s1. The number of aliphatic hydroxyl groups is 1. The number of pyridine rings is 1. The van der Waals surface area contributed by atoms with E-state index in [1.165, 1.54) is 0 Å². The number of ether oxygens (including phenoxy) is 3. The number of aromatic nitrogens is 1. The van der Waals surface area contributed by atoms with E-state index in [0.29, 0.717) is 18.4 Å². The topological polar surface area (TPSA) is 77.9 Å². The van der Waals surface area contributed by atoms with E-state index in [-0.39, 0.29) is 29.0 Å². The van der Waals surface area contributed by atoms with Crippen molar-refractivity contribution in [2.75, 3.05) is 6.61 Å². The average molecular weight is 466 g/mol. The summed E-state index contributed by atoms with van der Waals surface area (Å²) >= 11 is 0. The molecule has 1 aromatic heterocycles. The molecular formula is C28H35NO5. The number of fused-ring (bicyclic) bond motifs is 5. The smallest absolute Gasteiger partial charge is 0.213 e. The minimum absolute atomic E-state index is 0.0705. The van der Waals surface area contributed by atoms with Crippen molar-refractivity contribution in [1.29, 1.82) is 0 Å². The largest absolute Gasteiger partial charge is 0.467 e. The van der Waals surface area contributed by atoms with E-state index in [4.69, 9.17) is 14.2 Å². The predicted molar refractivity (Wildman–Crippen MR) is 126 cm³/mol. The minimum atomic E-state index is -1.62. The summed E-state index contributed by atoms with van der Waals surface area (Å²) in [6.07, 6.45) is 5.15. The molecule has 6 nitrogen and oxygen atoms in total. The van der Waals surface area contributed by atoms with Crippen LogP contribution in [-0.4, -0.2) is 46.1 Å². The molecule has 0 amide bonds. The summed E-state index contributed by atoms with van der Waals surface area (Å²) in [4.78, 5) is 19.0. The second kappa shape index (κ2) is 6.80. The quantitative estimate of drug-likeness (QED) is 0.663. The number of ketones is 1. The minimum Gasteiger partial charge on any atom is -0.467 e. The maximum atomic E-state index is 14.6. The molecule has 34 heavy (non-hydrogen) atoms. The lowest BCUT2D eigenvalue weighted by molar-refractivity contribution is -0.301. The molecular weight excluding hydrogens is 430 g/mol. The molecule has 6 heteroatoms. The van der Waals surface area contributed by atoms with Gasteiger partial charge in [-0.05, 0) is 67.6 Å². The molecule has 8 atom stereocenters. The van der Waals surface area contributed by atoms with Crippen molar-refractivity contribution in [2.45, 2.75) is 71.6 Å². The van der Waals surface area contributed by atoms with Gasteiger partial charge in [0.05, 0.1) is 12.0 Å². The molecule has 0 radical (unpaired) electrons. The van der Waals surface area contributed by atoms with Crippen molar-refractivity contribution in [3.05, 3.63) is 47.7 Å². The second-order valence-corrected chi connectivity index (χ2v) is 12.2. The Labute approximate surface area is 201 Å². The first kappa shape index (κ1) is 22.4. The molecule has 3 fully saturated rings. The third-order valence-corrected chi connectivity index (χ3v) is 9.55. The number of hydrogen-bond acceptors (Lipinski definition) is 6. The molecule has 4 aliphatic carbocycles. The Hall–Kier alpha value is -2.02. The summed E-state index contributed by atoms with van der Waals surface area (Å²) in [7, 11) is 0. The first-order valence-electron chi connectivity index (χ1n) is 12.5. The van der Waals surface area contributed by atoms with Gasteiger partial charge in [-0.15, -0.1) is 0 Å². The molecule has 1 unspecified atom stereocenters. The van der Waals surface area contributed by atoms with Crippen LogP contribution >= 0.6 is 0 Å². The van der Waals surface area contributed by atoms with Gasteiger partial charge in [-0.3, -0.25) is 4.79 Å². The fourth-order valence-corrected chi connectivity index (χ4v) is 7.84. The van der Waals surface area contributed by atoms with Crippen LogP contribution in [0.25, 0.3) is 0 Å². The zero-order valence-electron chi connectivity index (χ0n) is 20.9. The van der Waals surface area contributed by atoms with Gasteiger partial charge in [0.1, 0.15) is 6.10 Å². The Balaban J connectivity index is 1.57. The number of carbonyl (C=O) groups is 1. The van der Waals surface area contributed by atoms with E-state index in [1.807, 2.05) is 39.0 Å². The Morgan fingerprint density at radius 2 is 1.97 bits per heavy atom. The number of allylic oxidation sites excluding steroid dienone is 1. The average Bonchev–Trinajstić information content (AvgIpc) is 3.27. The van der Waals surface area contributed by atoms with Gasteiger partial charge < -0.3 is 19.3 Å². The molecule has 2 heterocycles. The number of rotatable bonds is 2. The predicted octanol–water partition coefficient (Wildman–Crippen LogP) is 4.10. The van der Waals surface area contributed by atoms with Crippen LogP contribution in [0.1, 0.15) is 48.0 Å². The van der Waals surface area contributed by atoms with Gasteiger partial charge >= 0.3 is 0 Å². The Morgan fingerprint density at radius 1 is 1.21 bits per heavy atom. The molecule has 6 rings (SSSR count). The highest BCUT2D eigenvalue weighted by molar-refractivity contribution is 5.95. The van der Waals surface area contributed by atoms with Gasteiger partial charge in [-0.2, -0.15) is 0 Å². The third kappa shape index (κ3) is 2.68. The molecule has 1 aromatic rings. The maximum absolute atomic E-state index is 14.6. The number of Topliss-reactive ketones (excluding diaryl/α,β-unsaturated/α-hetero) is 1. The number of nitrogens with zero attached hydrogens (tertiary/aromatic N) is 1. The molecule has 182 valence electrons. The highest BCUT2D eigenvalue weighted by Gasteiger charge is 2.77. The summed E-state index contributed by atoms with van der Waals surface area (Å²) in [5, 5.41) is 13.0. The van der Waals surface area contributed by atoms with Gasteiger partial charge in [-0.25, -0.2) is 4.98 Å². The lowest BCUT2D eigenvalue weighted by Gasteiger charge is -2.52. The van der Waals surface area contributed by atoms with Crippen LogP contribution in [0.3, 0.4) is 0 Å². The van der Waals surface area contributed by atoms with Crippen LogP contribution in [-0.2, 0) is 14.3 Å². The molecule has 0 aromatic carbocycles. The summed E-state index contributed by atoms with van der Waals surface area (Å²) in [5.74, 6) is -0.0259. The molecule has 1 saturated heterocycles. The SMILES string of the molecule is CC1=CC23C(=O)[C@@H](C=C4COC(C)(C)O[C@H]4[C@]2(O)[C@H]1Oc1ccccn1)[C@H]1[C@@H](C[C@H]3C)C1(C)C. The van der Waals surface area contributed by atoms with Crippen LogP contribution in [0.15, 0.2) is 47.7 Å². The van der Waals surface area contributed by atoms with Gasteiger partial charge in [0.2, 0.25) is 5.88 Å². The Bertz CT molecular complexity index is 1110. The zero-order valence-corrected chi connectivity index (χ0v) is 20.9. The van der Waals surface area contributed by atoms with Gasteiger partial charge in [0.25, 0.3) is 0 Å². The van der Waals surface area contributed by atoms with Crippen LogP contribution in [0.5, 0.6) is 5.88 Å². The lowest BCUT2D eigenvalue weighted by atomic mass is 9.59. The number of carbonyl (C=O) groups excluding carboxylic acids is 1. The van der Waals surface area contributed by atoms with Crippen LogP contribution in [0, 0.1) is 34.5 Å². The fraction of sp³-hybridized carbons (Fsp3) is 0.643. The van der Waals surface area contributed by atoms with Crippen molar-refractivity contribution >= 4 is 5.78 Å². The van der Waals surface area contributed by atoms with E-state index < -0.39 is 29.0 Å². The van der Waals surface area contributed by atoms with Crippen LogP contribution < -0.4 is 4.74 Å². The van der Waals surface area contributed by atoms with E-state index in [9.17, 15) is 9.90 Å². The van der Waals surface area contributed by atoms with Crippen molar-refractivity contribution in [3.63, 3.8) is 0 Å². The molecule has 2 saturated carbocycles. The molecule has 1 spiro atoms. The monoisotopic (exact) mass is 465 g/mol. The molecule has 1 aliphatic heterocycles. The first-order chi connectivity index (χ1) is 15.9. The summed E-state index contributed by atoms with van der Waals surface area (Å²) in [6.45, 7) is 12.7. The maximum Gasteiger partial charge on any atom is 0.213 e. The fourth-order valence-electron chi connectivity index (χ4n) is 7.84. The summed E-state index contributed by atoms with van der Waals surface area (Å²) in [6, 6.07) is 5.46. The van der Waals surface area contributed by atoms with E-state index >= 15 is 0 Å². The summed E-state index contributed by atoms with van der Waals surface area (Å²) < 4.78 is 18.9. The lowest BCUT2D eigenvalue weighted by Crippen LogP contribution is -2.68. The van der Waals surface area contributed by atoms with Crippen molar-refractivity contribution in [1.82, 2.24) is 4.98 Å². The van der Waals surface area contributed by atoms with E-state index in [1.54, 1.807) is 12.3 Å². The summed E-state index contributed by atoms with van der Waals surface area (Å²) in [5.41, 5.74) is -0.942. The number of hydrogen-bond donors (Lipinski definition) is 1. The van der Waals surface area contributed by atoms with E-state index in [0.717, 1.165) is 17.6 Å². The second-order valence-electron chi connectivity index (χ2n) is 12.2. The molecule has 1 N–H and O–H groups in total. The van der Waals surface area contributed by atoms with Gasteiger partial charge in [0.15, 0.2) is 23.3 Å².